The monoisotopic (exact) mass is 426 g/mol. The van der Waals surface area contributed by atoms with E-state index in [9.17, 15) is 9.59 Å². The molecule has 1 saturated heterocycles. The van der Waals surface area contributed by atoms with Crippen LogP contribution >= 0.6 is 11.3 Å². The molecular formula is C22H26N4O3S. The lowest BCUT2D eigenvalue weighted by Gasteiger charge is -2.38. The molecule has 2 amide bonds. The van der Waals surface area contributed by atoms with Crippen LogP contribution in [0.5, 0.6) is 5.75 Å². The number of ether oxygens (including phenoxy) is 1. The number of carbonyl (C=O) groups excluding carboxylic acids is 2. The number of amides is 2. The number of thiazole rings is 1. The number of hydrogen-bond donors (Lipinski definition) is 1. The van der Waals surface area contributed by atoms with Crippen LogP contribution in [0.1, 0.15) is 40.7 Å². The molecule has 8 heteroatoms. The van der Waals surface area contributed by atoms with E-state index >= 15 is 0 Å². The molecule has 1 N–H and O–H groups in total. The minimum atomic E-state index is -0.311. The predicted octanol–water partition coefficient (Wildman–Crippen LogP) is 3.25. The number of imidazole rings is 1. The zero-order valence-electron chi connectivity index (χ0n) is 17.6. The van der Waals surface area contributed by atoms with E-state index in [4.69, 9.17) is 4.74 Å². The van der Waals surface area contributed by atoms with Crippen LogP contribution in [0, 0.1) is 19.8 Å². The van der Waals surface area contributed by atoms with Crippen LogP contribution in [0.3, 0.4) is 0 Å². The van der Waals surface area contributed by atoms with E-state index in [1.165, 1.54) is 4.88 Å². The van der Waals surface area contributed by atoms with Gasteiger partial charge in [-0.15, -0.1) is 11.3 Å². The zero-order chi connectivity index (χ0) is 21.4. The first-order valence-corrected chi connectivity index (χ1v) is 10.8. The minimum Gasteiger partial charge on any atom is -0.497 e. The Kier molecular flexibility index (Phi) is 5.51. The fourth-order valence-electron chi connectivity index (χ4n) is 4.19. The summed E-state index contributed by atoms with van der Waals surface area (Å²) in [5, 5.41) is 3.10. The third-order valence-electron chi connectivity index (χ3n) is 5.83. The second-order valence-corrected chi connectivity index (χ2v) is 8.94. The summed E-state index contributed by atoms with van der Waals surface area (Å²) < 4.78 is 7.29. The summed E-state index contributed by atoms with van der Waals surface area (Å²) in [5.41, 5.74) is 2.84. The van der Waals surface area contributed by atoms with Crippen molar-refractivity contribution in [1.29, 1.82) is 0 Å². The smallest absolute Gasteiger partial charge is 0.225 e. The molecule has 2 atom stereocenters. The van der Waals surface area contributed by atoms with Gasteiger partial charge in [0.2, 0.25) is 11.8 Å². The number of piperidine rings is 1. The predicted molar refractivity (Wildman–Crippen MR) is 116 cm³/mol. The number of nitrogens with one attached hydrogen (secondary N) is 1. The van der Waals surface area contributed by atoms with Crippen LogP contribution < -0.4 is 10.1 Å². The Balaban J connectivity index is 1.55. The Hall–Kier alpha value is -2.87. The fourth-order valence-corrected chi connectivity index (χ4v) is 5.08. The van der Waals surface area contributed by atoms with Crippen molar-refractivity contribution in [2.24, 2.45) is 5.92 Å². The molecule has 0 spiro atoms. The molecule has 1 fully saturated rings. The van der Waals surface area contributed by atoms with Gasteiger partial charge in [-0.1, -0.05) is 12.1 Å². The Morgan fingerprint density at radius 2 is 2.03 bits per heavy atom. The Labute approximate surface area is 179 Å². The van der Waals surface area contributed by atoms with E-state index in [1.54, 1.807) is 30.4 Å². The molecule has 1 aliphatic heterocycles. The van der Waals surface area contributed by atoms with E-state index in [0.29, 0.717) is 19.4 Å². The summed E-state index contributed by atoms with van der Waals surface area (Å²) in [5.74, 6) is 0.447. The number of nitrogens with zero attached hydrogens (tertiary/aromatic N) is 3. The number of methoxy groups -OCH3 is 1. The maximum absolute atomic E-state index is 13.2. The molecule has 0 bridgehead atoms. The number of likely N-dealkylation sites (tertiary alicyclic amines) is 1. The summed E-state index contributed by atoms with van der Waals surface area (Å²) in [6.45, 7) is 4.42. The molecule has 1 aliphatic rings. The molecule has 7 nitrogen and oxygen atoms in total. The molecule has 158 valence electrons. The molecule has 0 aliphatic carbocycles. The van der Waals surface area contributed by atoms with Crippen molar-refractivity contribution >= 4 is 28.1 Å². The van der Waals surface area contributed by atoms with Gasteiger partial charge in [0, 0.05) is 24.5 Å². The molecule has 30 heavy (non-hydrogen) atoms. The summed E-state index contributed by atoms with van der Waals surface area (Å²) in [7, 11) is 3.39. The summed E-state index contributed by atoms with van der Waals surface area (Å²) in [6.07, 6.45) is 2.96. The molecule has 0 saturated carbocycles. The van der Waals surface area contributed by atoms with Crippen LogP contribution in [0.15, 0.2) is 30.5 Å². The van der Waals surface area contributed by atoms with Crippen LogP contribution in [0.2, 0.25) is 0 Å². The van der Waals surface area contributed by atoms with Gasteiger partial charge in [0.05, 0.1) is 37.0 Å². The van der Waals surface area contributed by atoms with Gasteiger partial charge in [-0.05, 0) is 38.0 Å². The normalized spacial score (nSPS) is 19.3. The van der Waals surface area contributed by atoms with Crippen LogP contribution in [0.4, 0.5) is 0 Å². The van der Waals surface area contributed by atoms with Crippen LogP contribution in [-0.2, 0) is 16.1 Å². The van der Waals surface area contributed by atoms with E-state index < -0.39 is 0 Å². The van der Waals surface area contributed by atoms with Crippen molar-refractivity contribution in [1.82, 2.24) is 19.6 Å². The number of aryl methyl sites for hydroxylation is 2. The van der Waals surface area contributed by atoms with E-state index in [2.05, 4.69) is 16.5 Å². The van der Waals surface area contributed by atoms with Gasteiger partial charge in [-0.2, -0.15) is 0 Å². The fraction of sp³-hybridized carbons (Fsp3) is 0.409. The molecular weight excluding hydrogens is 400 g/mol. The van der Waals surface area contributed by atoms with Crippen molar-refractivity contribution in [3.63, 3.8) is 0 Å². The van der Waals surface area contributed by atoms with Crippen molar-refractivity contribution in [3.05, 3.63) is 52.3 Å². The number of benzene rings is 1. The van der Waals surface area contributed by atoms with Crippen LogP contribution in [-0.4, -0.2) is 40.3 Å². The number of carbonyl (C=O) groups is 2. The molecule has 1 aromatic carbocycles. The van der Waals surface area contributed by atoms with Gasteiger partial charge in [0.1, 0.15) is 5.75 Å². The maximum Gasteiger partial charge on any atom is 0.225 e. The van der Waals surface area contributed by atoms with Crippen molar-refractivity contribution in [2.45, 2.75) is 39.3 Å². The number of fused-ring (bicyclic) bond motifs is 1. The SMILES string of the molecule is COc1ccc(C2C(C(=O)NCc3c(C)nc4sc(C)cn34)CCC(=O)N2C)cc1. The average Bonchev–Trinajstić information content (AvgIpc) is 3.22. The summed E-state index contributed by atoms with van der Waals surface area (Å²) in [6, 6.07) is 7.28. The van der Waals surface area contributed by atoms with Crippen molar-refractivity contribution < 1.29 is 14.3 Å². The topological polar surface area (TPSA) is 75.9 Å². The quantitative estimate of drug-likeness (QED) is 0.680. The lowest BCUT2D eigenvalue weighted by atomic mass is 9.84. The van der Waals surface area contributed by atoms with Gasteiger partial charge in [-0.25, -0.2) is 4.98 Å². The zero-order valence-corrected chi connectivity index (χ0v) is 18.5. The first kappa shape index (κ1) is 20.4. The Morgan fingerprint density at radius 3 is 2.73 bits per heavy atom. The third kappa shape index (κ3) is 3.67. The lowest BCUT2D eigenvalue weighted by Crippen LogP contribution is -2.46. The Bertz CT molecular complexity index is 1090. The molecule has 3 heterocycles. The van der Waals surface area contributed by atoms with Gasteiger partial charge in [0.15, 0.2) is 4.96 Å². The molecule has 0 radical (unpaired) electrons. The molecule has 2 unspecified atom stereocenters. The highest BCUT2D eigenvalue weighted by atomic mass is 32.1. The first-order valence-electron chi connectivity index (χ1n) is 10.0. The van der Waals surface area contributed by atoms with Crippen LogP contribution in [0.25, 0.3) is 4.96 Å². The van der Waals surface area contributed by atoms with Crippen molar-refractivity contribution in [2.75, 3.05) is 14.2 Å². The summed E-state index contributed by atoms with van der Waals surface area (Å²) >= 11 is 1.64. The molecule has 2 aromatic heterocycles. The van der Waals surface area contributed by atoms with E-state index in [-0.39, 0.29) is 23.8 Å². The van der Waals surface area contributed by atoms with Crippen molar-refractivity contribution in [3.8, 4) is 5.75 Å². The van der Waals surface area contributed by atoms with Gasteiger partial charge in [-0.3, -0.25) is 14.0 Å². The van der Waals surface area contributed by atoms with Gasteiger partial charge in [0.25, 0.3) is 0 Å². The second-order valence-electron chi connectivity index (χ2n) is 7.72. The minimum absolute atomic E-state index is 0.0449. The third-order valence-corrected chi connectivity index (χ3v) is 6.72. The number of aromatic nitrogens is 2. The standard InChI is InChI=1S/C22H26N4O3S/c1-13-12-26-18(14(2)24-22(26)30-13)11-23-21(28)17-9-10-19(27)25(3)20(17)15-5-7-16(29-4)8-6-15/h5-8,12,17,20H,9-11H2,1-4H3,(H,23,28). The largest absolute Gasteiger partial charge is 0.497 e. The van der Waals surface area contributed by atoms with E-state index in [1.807, 2.05) is 42.5 Å². The highest BCUT2D eigenvalue weighted by Gasteiger charge is 2.38. The van der Waals surface area contributed by atoms with E-state index in [0.717, 1.165) is 27.7 Å². The van der Waals surface area contributed by atoms with Gasteiger partial charge >= 0.3 is 0 Å². The average molecular weight is 427 g/mol. The highest BCUT2D eigenvalue weighted by molar-refractivity contribution is 7.17. The first-order chi connectivity index (χ1) is 14.4. The molecule has 3 aromatic rings. The van der Waals surface area contributed by atoms with Gasteiger partial charge < -0.3 is 15.0 Å². The maximum atomic E-state index is 13.2. The molecule has 4 rings (SSSR count). The summed E-state index contributed by atoms with van der Waals surface area (Å²) in [4.78, 5) is 34.0. The Morgan fingerprint density at radius 1 is 1.30 bits per heavy atom. The second kappa shape index (κ2) is 8.10. The number of hydrogen-bond acceptors (Lipinski definition) is 5. The highest BCUT2D eigenvalue weighted by Crippen LogP contribution is 2.36. The lowest BCUT2D eigenvalue weighted by molar-refractivity contribution is -0.141. The number of rotatable bonds is 5.